The van der Waals surface area contributed by atoms with Crippen molar-refractivity contribution in [2.45, 2.75) is 19.5 Å². The molecule has 154 valence electrons. The van der Waals surface area contributed by atoms with E-state index in [1.54, 1.807) is 12.4 Å². The van der Waals surface area contributed by atoms with E-state index >= 15 is 0 Å². The highest BCUT2D eigenvalue weighted by atomic mass is 35.5. The Labute approximate surface area is 184 Å². The van der Waals surface area contributed by atoms with Gasteiger partial charge in [-0.3, -0.25) is 4.90 Å². The van der Waals surface area contributed by atoms with E-state index in [0.717, 1.165) is 47.1 Å². The first-order valence-electron chi connectivity index (χ1n) is 9.84. The minimum absolute atomic E-state index is 0.341. The number of nitrogens with zero attached hydrogens (tertiary/aromatic N) is 3. The number of benzene rings is 2. The Hall–Kier alpha value is -2.54. The maximum Gasteiger partial charge on any atom is 0.344 e. The number of halogens is 2. The zero-order valence-corrected chi connectivity index (χ0v) is 17.7. The van der Waals surface area contributed by atoms with Gasteiger partial charge in [0.05, 0.1) is 5.02 Å². The summed E-state index contributed by atoms with van der Waals surface area (Å²) >= 11 is 12.8. The Morgan fingerprint density at radius 3 is 2.87 bits per heavy atom. The first kappa shape index (κ1) is 19.4. The van der Waals surface area contributed by atoms with Crippen LogP contribution in [0.25, 0.3) is 0 Å². The van der Waals surface area contributed by atoms with Crippen LogP contribution in [0.2, 0.25) is 10.0 Å². The number of nitrogens with one attached hydrogen (secondary N) is 1. The van der Waals surface area contributed by atoms with Crippen molar-refractivity contribution in [2.24, 2.45) is 0 Å². The van der Waals surface area contributed by atoms with E-state index in [2.05, 4.69) is 31.9 Å². The molecule has 8 heteroatoms. The summed E-state index contributed by atoms with van der Waals surface area (Å²) in [6.07, 6.45) is 4.27. The molecule has 1 aromatic heterocycles. The molecule has 2 aromatic carbocycles. The summed E-state index contributed by atoms with van der Waals surface area (Å²) in [5.74, 6) is 0.748. The predicted octanol–water partition coefficient (Wildman–Crippen LogP) is 4.17. The Bertz CT molecular complexity index is 1140. The molecular formula is C22H20Cl2N4O2. The quantitative estimate of drug-likeness (QED) is 0.659. The lowest BCUT2D eigenvalue weighted by molar-refractivity contribution is 0.219. The maximum absolute atomic E-state index is 11.2. The molecule has 0 saturated heterocycles. The molecule has 5 rings (SSSR count). The SMILES string of the molecule is O=c1ncc(CN2CCOc3c(Cl)cc(N4CCc5cc(Cl)ccc54)cc3C2)c[nH]1. The summed E-state index contributed by atoms with van der Waals surface area (Å²) in [6, 6.07) is 10.2. The van der Waals surface area contributed by atoms with Crippen LogP contribution in [0.5, 0.6) is 5.75 Å². The fourth-order valence-electron chi connectivity index (χ4n) is 4.15. The summed E-state index contributed by atoms with van der Waals surface area (Å²) in [7, 11) is 0. The molecule has 6 nitrogen and oxygen atoms in total. The summed E-state index contributed by atoms with van der Waals surface area (Å²) in [4.78, 5) is 22.2. The Morgan fingerprint density at radius 2 is 2.03 bits per heavy atom. The molecule has 3 aromatic rings. The van der Waals surface area contributed by atoms with Gasteiger partial charge < -0.3 is 14.6 Å². The first-order chi connectivity index (χ1) is 14.6. The molecular weight excluding hydrogens is 423 g/mol. The molecule has 0 unspecified atom stereocenters. The van der Waals surface area contributed by atoms with Crippen LogP contribution in [0.15, 0.2) is 47.5 Å². The monoisotopic (exact) mass is 442 g/mol. The van der Waals surface area contributed by atoms with E-state index in [-0.39, 0.29) is 5.69 Å². The van der Waals surface area contributed by atoms with Crippen LogP contribution in [0.1, 0.15) is 16.7 Å². The van der Waals surface area contributed by atoms with Gasteiger partial charge in [0, 0.05) is 66.1 Å². The van der Waals surface area contributed by atoms with Gasteiger partial charge >= 0.3 is 5.69 Å². The number of anilines is 2. The van der Waals surface area contributed by atoms with Gasteiger partial charge in [-0.05, 0) is 42.3 Å². The molecule has 3 heterocycles. The molecule has 0 spiro atoms. The molecule has 1 N–H and O–H groups in total. The van der Waals surface area contributed by atoms with Gasteiger partial charge in [0.1, 0.15) is 12.4 Å². The Morgan fingerprint density at radius 1 is 1.13 bits per heavy atom. The van der Waals surface area contributed by atoms with Gasteiger partial charge in [-0.2, -0.15) is 0 Å². The maximum atomic E-state index is 11.2. The summed E-state index contributed by atoms with van der Waals surface area (Å²) in [5.41, 5.74) is 5.13. The van der Waals surface area contributed by atoms with Crippen molar-refractivity contribution < 1.29 is 4.74 Å². The largest absolute Gasteiger partial charge is 0.490 e. The number of rotatable bonds is 3. The average Bonchev–Trinajstić information content (AvgIpc) is 3.02. The fourth-order valence-corrected chi connectivity index (χ4v) is 4.64. The molecule has 0 amide bonds. The van der Waals surface area contributed by atoms with Crippen LogP contribution in [-0.4, -0.2) is 34.6 Å². The molecule has 0 fully saturated rings. The normalized spacial score (nSPS) is 16.0. The van der Waals surface area contributed by atoms with Gasteiger partial charge in [-0.25, -0.2) is 9.78 Å². The Kier molecular flexibility index (Phi) is 5.15. The zero-order chi connectivity index (χ0) is 20.7. The number of aromatic nitrogens is 2. The van der Waals surface area contributed by atoms with Gasteiger partial charge in [-0.15, -0.1) is 0 Å². The summed E-state index contributed by atoms with van der Waals surface area (Å²) in [5, 5.41) is 1.38. The van der Waals surface area contributed by atoms with Crippen molar-refractivity contribution >= 4 is 34.6 Å². The van der Waals surface area contributed by atoms with Gasteiger partial charge in [0.2, 0.25) is 0 Å². The second-order valence-electron chi connectivity index (χ2n) is 7.58. The summed E-state index contributed by atoms with van der Waals surface area (Å²) < 4.78 is 5.99. The third-order valence-electron chi connectivity index (χ3n) is 5.54. The molecule has 2 aliphatic heterocycles. The molecule has 2 aliphatic rings. The van der Waals surface area contributed by atoms with Crippen molar-refractivity contribution in [2.75, 3.05) is 24.6 Å². The average molecular weight is 443 g/mol. The van der Waals surface area contributed by atoms with Crippen LogP contribution in [0, 0.1) is 0 Å². The summed E-state index contributed by atoms with van der Waals surface area (Å²) in [6.45, 7) is 3.56. The van der Waals surface area contributed by atoms with E-state index in [1.165, 1.54) is 11.3 Å². The lowest BCUT2D eigenvalue weighted by atomic mass is 10.1. The van der Waals surface area contributed by atoms with Crippen molar-refractivity contribution in [3.63, 3.8) is 0 Å². The van der Waals surface area contributed by atoms with Gasteiger partial charge in [0.25, 0.3) is 0 Å². The second kappa shape index (κ2) is 7.95. The number of hydrogen-bond donors (Lipinski definition) is 1. The van der Waals surface area contributed by atoms with Crippen LogP contribution >= 0.6 is 23.2 Å². The van der Waals surface area contributed by atoms with Gasteiger partial charge in [-0.1, -0.05) is 23.2 Å². The molecule has 0 aliphatic carbocycles. The van der Waals surface area contributed by atoms with Gasteiger partial charge in [0.15, 0.2) is 0 Å². The van der Waals surface area contributed by atoms with Crippen LogP contribution < -0.4 is 15.3 Å². The zero-order valence-electron chi connectivity index (χ0n) is 16.2. The molecule has 30 heavy (non-hydrogen) atoms. The van der Waals surface area contributed by atoms with Crippen molar-refractivity contribution in [1.29, 1.82) is 0 Å². The number of ether oxygens (including phenoxy) is 1. The minimum Gasteiger partial charge on any atom is -0.490 e. The minimum atomic E-state index is -0.341. The highest BCUT2D eigenvalue weighted by molar-refractivity contribution is 6.32. The van der Waals surface area contributed by atoms with E-state index < -0.39 is 0 Å². The topological polar surface area (TPSA) is 61.5 Å². The van der Waals surface area contributed by atoms with Crippen molar-refractivity contribution in [1.82, 2.24) is 14.9 Å². The number of fused-ring (bicyclic) bond motifs is 2. The number of H-pyrrole nitrogens is 1. The van der Waals surface area contributed by atoms with E-state index in [1.807, 2.05) is 18.2 Å². The van der Waals surface area contributed by atoms with E-state index in [9.17, 15) is 4.79 Å². The van der Waals surface area contributed by atoms with E-state index in [4.69, 9.17) is 27.9 Å². The lowest BCUT2D eigenvalue weighted by Crippen LogP contribution is -2.26. The second-order valence-corrected chi connectivity index (χ2v) is 8.42. The first-order valence-corrected chi connectivity index (χ1v) is 10.6. The van der Waals surface area contributed by atoms with Crippen molar-refractivity contribution in [3.05, 3.63) is 79.9 Å². The van der Waals surface area contributed by atoms with Crippen molar-refractivity contribution in [3.8, 4) is 5.75 Å². The fraction of sp³-hybridized carbons (Fsp3) is 0.273. The molecule has 0 saturated carbocycles. The molecule has 0 radical (unpaired) electrons. The smallest absolute Gasteiger partial charge is 0.344 e. The van der Waals surface area contributed by atoms with Crippen LogP contribution in [0.4, 0.5) is 11.4 Å². The number of hydrogen-bond acceptors (Lipinski definition) is 5. The third kappa shape index (κ3) is 3.78. The predicted molar refractivity (Wildman–Crippen MR) is 118 cm³/mol. The highest BCUT2D eigenvalue weighted by Gasteiger charge is 2.25. The van der Waals surface area contributed by atoms with E-state index in [0.29, 0.717) is 24.7 Å². The third-order valence-corrected chi connectivity index (χ3v) is 6.05. The number of aromatic amines is 1. The van der Waals surface area contributed by atoms with Crippen LogP contribution in [-0.2, 0) is 19.5 Å². The Balaban J connectivity index is 1.44. The highest BCUT2D eigenvalue weighted by Crippen LogP contribution is 2.41. The molecule has 0 bridgehead atoms. The van der Waals surface area contributed by atoms with Crippen LogP contribution in [0.3, 0.4) is 0 Å². The standard InChI is InChI=1S/C22H20Cl2N4O2/c23-17-1-2-20-15(7-17)3-4-28(20)18-8-16-13-27(5-6-30-21(16)19(24)9-18)12-14-10-25-22(29)26-11-14/h1-2,7-11H,3-6,12-13H2,(H,25,26,29). The lowest BCUT2D eigenvalue weighted by Gasteiger charge is -2.23. The molecule has 0 atom stereocenters.